The molecule has 1 aliphatic heterocycles. The predicted octanol–water partition coefficient (Wildman–Crippen LogP) is 2.36. The predicted molar refractivity (Wildman–Crippen MR) is 99.4 cm³/mol. The van der Waals surface area contributed by atoms with Crippen LogP contribution < -0.4 is 5.32 Å². The van der Waals surface area contributed by atoms with Crippen molar-refractivity contribution in [2.75, 3.05) is 20.6 Å². The van der Waals surface area contributed by atoms with Gasteiger partial charge in [0, 0.05) is 33.6 Å². The summed E-state index contributed by atoms with van der Waals surface area (Å²) in [7, 11) is 3.55. The monoisotopic (exact) mass is 361 g/mol. The van der Waals surface area contributed by atoms with Gasteiger partial charge in [0.2, 0.25) is 5.91 Å². The molecule has 0 unspecified atom stereocenters. The molecule has 26 heavy (non-hydrogen) atoms. The molecule has 7 nitrogen and oxygen atoms in total. The van der Waals surface area contributed by atoms with Crippen LogP contribution in [0.25, 0.3) is 0 Å². The van der Waals surface area contributed by atoms with E-state index in [1.165, 1.54) is 32.1 Å². The van der Waals surface area contributed by atoms with E-state index in [9.17, 15) is 9.59 Å². The molecule has 1 N–H and O–H groups in total. The van der Waals surface area contributed by atoms with E-state index in [1.807, 2.05) is 15.6 Å². The molecule has 144 valence electrons. The number of aromatic nitrogens is 2. The van der Waals surface area contributed by atoms with Crippen LogP contribution in [0.2, 0.25) is 0 Å². The molecule has 1 aromatic heterocycles. The zero-order valence-corrected chi connectivity index (χ0v) is 16.0. The summed E-state index contributed by atoms with van der Waals surface area (Å²) in [5.41, 5.74) is 1.91. The van der Waals surface area contributed by atoms with Crippen LogP contribution in [0, 0.1) is 5.92 Å². The number of rotatable bonds is 4. The molecule has 2 heterocycles. The molecule has 0 atom stereocenters. The van der Waals surface area contributed by atoms with Crippen molar-refractivity contribution in [2.24, 2.45) is 5.92 Å². The van der Waals surface area contributed by atoms with Gasteiger partial charge in [0.1, 0.15) is 0 Å². The molecule has 3 rings (SSSR count). The summed E-state index contributed by atoms with van der Waals surface area (Å²) in [6.07, 6.45) is 7.72. The Morgan fingerprint density at radius 3 is 2.69 bits per heavy atom. The molecule has 1 saturated carbocycles. The Labute approximate surface area is 155 Å². The molecule has 1 aromatic rings. The van der Waals surface area contributed by atoms with Gasteiger partial charge >= 0.3 is 6.03 Å². The first-order valence-corrected chi connectivity index (χ1v) is 9.81. The minimum absolute atomic E-state index is 0.0296. The molecule has 0 saturated heterocycles. The summed E-state index contributed by atoms with van der Waals surface area (Å²) < 4.78 is 1.98. The average Bonchev–Trinajstić information content (AvgIpc) is 2.90. The highest BCUT2D eigenvalue weighted by molar-refractivity contribution is 5.76. The van der Waals surface area contributed by atoms with Crippen molar-refractivity contribution < 1.29 is 9.59 Å². The van der Waals surface area contributed by atoms with Gasteiger partial charge in [-0.25, -0.2) is 4.79 Å². The number of nitrogens with one attached hydrogen (secondary N) is 1. The minimum atomic E-state index is 0.0296. The number of urea groups is 1. The maximum Gasteiger partial charge on any atom is 0.319 e. The van der Waals surface area contributed by atoms with E-state index in [0.717, 1.165) is 30.9 Å². The Morgan fingerprint density at radius 2 is 1.96 bits per heavy atom. The number of fused-ring (bicyclic) bond motifs is 1. The van der Waals surface area contributed by atoms with Crippen LogP contribution in [0.4, 0.5) is 4.79 Å². The lowest BCUT2D eigenvalue weighted by Crippen LogP contribution is -2.38. The highest BCUT2D eigenvalue weighted by Crippen LogP contribution is 2.26. The lowest BCUT2D eigenvalue weighted by molar-refractivity contribution is -0.122. The Balaban J connectivity index is 1.53. The lowest BCUT2D eigenvalue weighted by Gasteiger charge is -2.24. The van der Waals surface area contributed by atoms with Crippen molar-refractivity contribution in [1.82, 2.24) is 24.9 Å². The molecule has 2 aliphatic rings. The van der Waals surface area contributed by atoms with Crippen LogP contribution >= 0.6 is 0 Å². The number of nitrogens with zero attached hydrogens (tertiary/aromatic N) is 4. The SMILES string of the molecule is CN(C)C(=O)N1CCCn2nc(CNC(=O)CC3CCCCC3)cc2C1. The maximum absolute atomic E-state index is 12.2. The fourth-order valence-electron chi connectivity index (χ4n) is 3.97. The molecule has 3 amide bonds. The van der Waals surface area contributed by atoms with Gasteiger partial charge < -0.3 is 15.1 Å². The van der Waals surface area contributed by atoms with Gasteiger partial charge in [0.15, 0.2) is 0 Å². The molecule has 0 spiro atoms. The quantitative estimate of drug-likeness (QED) is 0.895. The van der Waals surface area contributed by atoms with Crippen molar-refractivity contribution in [2.45, 2.75) is 64.6 Å². The summed E-state index contributed by atoms with van der Waals surface area (Å²) in [6, 6.07) is 2.05. The maximum atomic E-state index is 12.2. The Morgan fingerprint density at radius 1 is 1.19 bits per heavy atom. The van der Waals surface area contributed by atoms with E-state index in [2.05, 4.69) is 10.4 Å². The Kier molecular flexibility index (Phi) is 6.16. The zero-order valence-electron chi connectivity index (χ0n) is 16.0. The number of hydrogen-bond acceptors (Lipinski definition) is 3. The van der Waals surface area contributed by atoms with Crippen LogP contribution in [0.1, 0.15) is 56.3 Å². The van der Waals surface area contributed by atoms with Gasteiger partial charge in [0.05, 0.1) is 24.5 Å². The van der Waals surface area contributed by atoms with Crippen molar-refractivity contribution in [3.63, 3.8) is 0 Å². The first-order valence-electron chi connectivity index (χ1n) is 9.81. The van der Waals surface area contributed by atoms with Crippen LogP contribution in [0.3, 0.4) is 0 Å². The van der Waals surface area contributed by atoms with Gasteiger partial charge in [-0.1, -0.05) is 19.3 Å². The van der Waals surface area contributed by atoms with E-state index < -0.39 is 0 Å². The fourth-order valence-corrected chi connectivity index (χ4v) is 3.97. The highest BCUT2D eigenvalue weighted by Gasteiger charge is 2.22. The summed E-state index contributed by atoms with van der Waals surface area (Å²) in [4.78, 5) is 27.9. The van der Waals surface area contributed by atoms with Crippen molar-refractivity contribution in [1.29, 1.82) is 0 Å². The largest absolute Gasteiger partial charge is 0.350 e. The molecule has 7 heteroatoms. The van der Waals surface area contributed by atoms with Gasteiger partial charge in [-0.05, 0) is 31.2 Å². The van der Waals surface area contributed by atoms with E-state index in [-0.39, 0.29) is 11.9 Å². The van der Waals surface area contributed by atoms with Crippen molar-refractivity contribution >= 4 is 11.9 Å². The molecule has 1 fully saturated rings. The second kappa shape index (κ2) is 8.56. The van der Waals surface area contributed by atoms with Crippen LogP contribution in [-0.4, -0.2) is 52.2 Å². The summed E-state index contributed by atoms with van der Waals surface area (Å²) in [5.74, 6) is 0.678. The number of aryl methyl sites for hydroxylation is 1. The highest BCUT2D eigenvalue weighted by atomic mass is 16.2. The second-order valence-electron chi connectivity index (χ2n) is 7.79. The summed E-state index contributed by atoms with van der Waals surface area (Å²) in [5, 5.41) is 7.64. The molecule has 0 radical (unpaired) electrons. The smallest absolute Gasteiger partial charge is 0.319 e. The third-order valence-electron chi connectivity index (χ3n) is 5.38. The van der Waals surface area contributed by atoms with Crippen LogP contribution in [0.5, 0.6) is 0 Å². The third kappa shape index (κ3) is 4.77. The van der Waals surface area contributed by atoms with E-state index in [0.29, 0.717) is 25.4 Å². The van der Waals surface area contributed by atoms with Crippen LogP contribution in [0.15, 0.2) is 6.07 Å². The molecular weight excluding hydrogens is 330 g/mol. The van der Waals surface area contributed by atoms with Crippen LogP contribution in [-0.2, 0) is 24.4 Å². The Hall–Kier alpha value is -2.05. The van der Waals surface area contributed by atoms with E-state index >= 15 is 0 Å². The third-order valence-corrected chi connectivity index (χ3v) is 5.38. The van der Waals surface area contributed by atoms with Gasteiger partial charge in [-0.15, -0.1) is 0 Å². The number of carbonyl (C=O) groups excluding carboxylic acids is 2. The number of carbonyl (C=O) groups is 2. The molecule has 1 aliphatic carbocycles. The second-order valence-corrected chi connectivity index (χ2v) is 7.79. The zero-order chi connectivity index (χ0) is 18.5. The topological polar surface area (TPSA) is 70.5 Å². The minimum Gasteiger partial charge on any atom is -0.350 e. The van der Waals surface area contributed by atoms with Gasteiger partial charge in [-0.2, -0.15) is 5.10 Å². The number of amides is 3. The van der Waals surface area contributed by atoms with Crippen molar-refractivity contribution in [3.8, 4) is 0 Å². The molecule has 0 bridgehead atoms. The standard InChI is InChI=1S/C19H31N5O2/c1-22(2)19(26)23-9-6-10-24-17(14-23)12-16(21-24)13-20-18(25)11-15-7-4-3-5-8-15/h12,15H,3-11,13-14H2,1-2H3,(H,20,25). The first kappa shape index (κ1) is 18.7. The Bertz CT molecular complexity index is 634. The van der Waals surface area contributed by atoms with E-state index in [1.54, 1.807) is 19.0 Å². The van der Waals surface area contributed by atoms with Crippen molar-refractivity contribution in [3.05, 3.63) is 17.5 Å². The fraction of sp³-hybridized carbons (Fsp3) is 0.737. The molecule has 0 aromatic carbocycles. The average molecular weight is 361 g/mol. The summed E-state index contributed by atoms with van der Waals surface area (Å²) >= 11 is 0. The van der Waals surface area contributed by atoms with E-state index in [4.69, 9.17) is 0 Å². The normalized spacial score (nSPS) is 18.2. The van der Waals surface area contributed by atoms with Gasteiger partial charge in [0.25, 0.3) is 0 Å². The van der Waals surface area contributed by atoms with Gasteiger partial charge in [-0.3, -0.25) is 9.48 Å². The number of hydrogen-bond donors (Lipinski definition) is 1. The molecular formula is C19H31N5O2. The first-order chi connectivity index (χ1) is 12.5. The summed E-state index contributed by atoms with van der Waals surface area (Å²) in [6.45, 7) is 2.59. The lowest BCUT2D eigenvalue weighted by atomic mass is 9.87.